The van der Waals surface area contributed by atoms with Crippen molar-refractivity contribution in [3.05, 3.63) is 155 Å². The van der Waals surface area contributed by atoms with Gasteiger partial charge in [-0.05, 0) is 80.1 Å². The summed E-state index contributed by atoms with van der Waals surface area (Å²) in [5.41, 5.74) is 13.9. The number of aromatic nitrogens is 6. The first-order valence-electron chi connectivity index (χ1n) is 16.5. The van der Waals surface area contributed by atoms with Gasteiger partial charge in [-0.25, -0.2) is 29.9 Å². The Bertz CT molecular complexity index is 2520. The molecule has 6 heteroatoms. The Balaban J connectivity index is 1.16. The van der Waals surface area contributed by atoms with Crippen molar-refractivity contribution in [2.45, 2.75) is 34.1 Å². The van der Waals surface area contributed by atoms with Gasteiger partial charge in [-0.1, -0.05) is 97.1 Å². The summed E-state index contributed by atoms with van der Waals surface area (Å²) in [6.07, 6.45) is 2.58. The average Bonchev–Trinajstić information content (AvgIpc) is 3.13. The molecule has 0 unspecified atom stereocenters. The lowest BCUT2D eigenvalue weighted by Gasteiger charge is -2.14. The van der Waals surface area contributed by atoms with Crippen molar-refractivity contribution >= 4 is 21.8 Å². The summed E-state index contributed by atoms with van der Waals surface area (Å²) in [6, 6.07) is 39.6. The maximum absolute atomic E-state index is 5.20. The Hall–Kier alpha value is -6.14. The molecule has 0 aliphatic rings. The number of nitrogens with zero attached hydrogens (tertiary/aromatic N) is 6. The summed E-state index contributed by atoms with van der Waals surface area (Å²) < 4.78 is 0. The Morgan fingerprint density at radius 1 is 0.490 bits per heavy atom. The van der Waals surface area contributed by atoms with Gasteiger partial charge in [0.2, 0.25) is 0 Å². The van der Waals surface area contributed by atoms with Crippen LogP contribution >= 0.6 is 0 Å². The van der Waals surface area contributed by atoms with E-state index in [1.54, 1.807) is 0 Å². The van der Waals surface area contributed by atoms with Crippen LogP contribution in [0.3, 0.4) is 0 Å². The fourth-order valence-electron chi connectivity index (χ4n) is 6.49. The Morgan fingerprint density at radius 3 is 2.04 bits per heavy atom. The van der Waals surface area contributed by atoms with Gasteiger partial charge in [0.05, 0.1) is 22.4 Å². The molecule has 0 aliphatic heterocycles. The van der Waals surface area contributed by atoms with E-state index in [1.807, 2.05) is 43.5 Å². The predicted octanol–water partition coefficient (Wildman–Crippen LogP) is 9.86. The summed E-state index contributed by atoms with van der Waals surface area (Å²) >= 11 is 0. The number of hydrogen-bond acceptors (Lipinski definition) is 6. The minimum atomic E-state index is 0.624. The van der Waals surface area contributed by atoms with E-state index >= 15 is 0 Å². The predicted molar refractivity (Wildman–Crippen MR) is 198 cm³/mol. The van der Waals surface area contributed by atoms with Gasteiger partial charge >= 0.3 is 0 Å². The molecule has 6 nitrogen and oxygen atoms in total. The van der Waals surface area contributed by atoms with Crippen LogP contribution < -0.4 is 0 Å². The Kier molecular flexibility index (Phi) is 7.69. The van der Waals surface area contributed by atoms with Crippen LogP contribution in [-0.4, -0.2) is 29.9 Å². The quantitative estimate of drug-likeness (QED) is 0.181. The molecule has 0 atom stereocenters. The van der Waals surface area contributed by atoms with Crippen LogP contribution in [0.25, 0.3) is 67.4 Å². The number of para-hydroxylation sites is 2. The molecule has 0 radical (unpaired) electrons. The second-order valence-corrected chi connectivity index (χ2v) is 12.6. The maximum atomic E-state index is 5.20. The molecule has 4 aromatic heterocycles. The van der Waals surface area contributed by atoms with Gasteiger partial charge in [0.25, 0.3) is 0 Å². The van der Waals surface area contributed by atoms with Crippen molar-refractivity contribution < 1.29 is 0 Å². The number of aryl methyl sites for hydroxylation is 4. The van der Waals surface area contributed by atoms with Crippen molar-refractivity contribution in [1.29, 1.82) is 0 Å². The van der Waals surface area contributed by atoms with Crippen LogP contribution in [-0.2, 0) is 6.42 Å². The zero-order chi connectivity index (χ0) is 33.5. The molecule has 0 saturated heterocycles. The molecule has 236 valence electrons. The molecule has 8 aromatic rings. The molecule has 4 aromatic carbocycles. The highest BCUT2D eigenvalue weighted by Gasteiger charge is 2.16. The Morgan fingerprint density at radius 2 is 1.18 bits per heavy atom. The van der Waals surface area contributed by atoms with E-state index in [0.29, 0.717) is 18.1 Å². The van der Waals surface area contributed by atoms with Crippen molar-refractivity contribution in [2.75, 3.05) is 0 Å². The lowest BCUT2D eigenvalue weighted by atomic mass is 9.96. The first kappa shape index (κ1) is 30.2. The molecule has 0 spiro atoms. The lowest BCUT2D eigenvalue weighted by Crippen LogP contribution is -2.01. The second-order valence-electron chi connectivity index (χ2n) is 12.6. The highest BCUT2D eigenvalue weighted by atomic mass is 14.9. The summed E-state index contributed by atoms with van der Waals surface area (Å²) in [6.45, 7) is 8.29. The highest BCUT2D eigenvalue weighted by Crippen LogP contribution is 2.31. The molecule has 0 fully saturated rings. The lowest BCUT2D eigenvalue weighted by molar-refractivity contribution is 1.10. The molecule has 0 aliphatic carbocycles. The van der Waals surface area contributed by atoms with Crippen molar-refractivity contribution in [2.24, 2.45) is 0 Å². The smallest absolute Gasteiger partial charge is 0.178 e. The molecule has 4 heterocycles. The van der Waals surface area contributed by atoms with Crippen LogP contribution in [0, 0.1) is 27.7 Å². The van der Waals surface area contributed by atoms with E-state index < -0.39 is 0 Å². The van der Waals surface area contributed by atoms with Crippen LogP contribution in [0.2, 0.25) is 0 Å². The molecular weight excluding hydrogens is 601 g/mol. The van der Waals surface area contributed by atoms with Crippen molar-refractivity contribution in [1.82, 2.24) is 29.9 Å². The third-order valence-electron chi connectivity index (χ3n) is 9.11. The second kappa shape index (κ2) is 12.5. The topological polar surface area (TPSA) is 77.3 Å². The maximum Gasteiger partial charge on any atom is 0.178 e. The first-order chi connectivity index (χ1) is 23.9. The molecule has 0 N–H and O–H groups in total. The zero-order valence-corrected chi connectivity index (χ0v) is 27.9. The normalized spacial score (nSPS) is 11.3. The molecule has 0 saturated carbocycles. The molecule has 0 bridgehead atoms. The van der Waals surface area contributed by atoms with E-state index in [9.17, 15) is 0 Å². The van der Waals surface area contributed by atoms with Crippen LogP contribution in [0.4, 0.5) is 0 Å². The van der Waals surface area contributed by atoms with Gasteiger partial charge in [0.1, 0.15) is 11.4 Å². The fraction of sp³-hybridized carbons (Fsp3) is 0.116. The van der Waals surface area contributed by atoms with E-state index in [2.05, 4.69) is 111 Å². The number of benzene rings is 4. The monoisotopic (exact) mass is 634 g/mol. The van der Waals surface area contributed by atoms with Crippen LogP contribution in [0.15, 0.2) is 121 Å². The van der Waals surface area contributed by atoms with Crippen LogP contribution in [0.1, 0.15) is 33.5 Å². The van der Waals surface area contributed by atoms with Gasteiger partial charge in [0, 0.05) is 33.8 Å². The number of fused-ring (bicyclic) bond motifs is 2. The van der Waals surface area contributed by atoms with Crippen molar-refractivity contribution in [3.8, 4) is 45.6 Å². The standard InChI is InChI=1S/C43H34N6/c1-26-11-8-17-34-25-44-42(48-39(26)34)36-21-19-28(3)38(46-36)32-16-10-13-30(23-32)24-33-20-22-37(47-41(33)31-14-6-5-7-15-31)43-45-29(4)35-18-9-12-27(2)40(35)49-43/h5-23,25H,24H2,1-4H3. The third-order valence-corrected chi connectivity index (χ3v) is 9.11. The third kappa shape index (κ3) is 5.82. The minimum Gasteiger partial charge on any atom is -0.244 e. The molecule has 0 amide bonds. The molecule has 49 heavy (non-hydrogen) atoms. The van der Waals surface area contributed by atoms with E-state index in [-0.39, 0.29) is 0 Å². The van der Waals surface area contributed by atoms with E-state index in [1.165, 1.54) is 5.56 Å². The fourth-order valence-corrected chi connectivity index (χ4v) is 6.49. The highest BCUT2D eigenvalue weighted by molar-refractivity contribution is 5.85. The summed E-state index contributed by atoms with van der Waals surface area (Å²) in [5, 5.41) is 2.09. The number of rotatable bonds is 6. The summed E-state index contributed by atoms with van der Waals surface area (Å²) in [5.74, 6) is 1.26. The zero-order valence-electron chi connectivity index (χ0n) is 27.9. The van der Waals surface area contributed by atoms with Gasteiger partial charge in [-0.2, -0.15) is 0 Å². The van der Waals surface area contributed by atoms with Crippen molar-refractivity contribution in [3.63, 3.8) is 0 Å². The van der Waals surface area contributed by atoms with E-state index in [4.69, 9.17) is 24.9 Å². The Labute approximate surface area is 285 Å². The number of pyridine rings is 2. The average molecular weight is 635 g/mol. The molecular formula is C43H34N6. The SMILES string of the molecule is Cc1ccc(-c2ncc3cccc(C)c3n2)nc1-c1cccc(Cc2ccc(-c3nc(C)c4cccc(C)c4n3)nc2-c2ccccc2)c1. The van der Waals surface area contributed by atoms with Gasteiger partial charge in [0.15, 0.2) is 11.6 Å². The number of hydrogen-bond donors (Lipinski definition) is 0. The van der Waals surface area contributed by atoms with Gasteiger partial charge < -0.3 is 0 Å². The summed E-state index contributed by atoms with van der Waals surface area (Å²) in [4.78, 5) is 29.7. The largest absolute Gasteiger partial charge is 0.244 e. The summed E-state index contributed by atoms with van der Waals surface area (Å²) in [7, 11) is 0. The molecule has 8 rings (SSSR count). The van der Waals surface area contributed by atoms with Gasteiger partial charge in [-0.15, -0.1) is 0 Å². The van der Waals surface area contributed by atoms with Gasteiger partial charge in [-0.3, -0.25) is 0 Å². The first-order valence-corrected chi connectivity index (χ1v) is 16.5. The minimum absolute atomic E-state index is 0.624. The van der Waals surface area contributed by atoms with E-state index in [0.717, 1.165) is 83.7 Å². The van der Waals surface area contributed by atoms with Crippen LogP contribution in [0.5, 0.6) is 0 Å².